The maximum atomic E-state index is 11.9. The summed E-state index contributed by atoms with van der Waals surface area (Å²) in [4.78, 5) is 23.7. The molecule has 0 bridgehead atoms. The van der Waals surface area contributed by atoms with Crippen LogP contribution in [0.15, 0.2) is 53.0 Å². The summed E-state index contributed by atoms with van der Waals surface area (Å²) in [5, 5.41) is 0. The van der Waals surface area contributed by atoms with Gasteiger partial charge in [-0.2, -0.15) is 0 Å². The standard InChI is InChI=1S/C22H25BrN2O3/c1-15-5-7-16(8-6-15)9-12-20(26)24-25-21(27)14-28-19-11-10-17(13-18(19)23)22(2,3)4/h5-13H,14H2,1-4H3,(H,24,26)(H,25,27)/b12-9-. The van der Waals surface area contributed by atoms with Gasteiger partial charge in [0.15, 0.2) is 6.61 Å². The molecule has 0 aliphatic carbocycles. The topological polar surface area (TPSA) is 67.4 Å². The molecule has 0 saturated carbocycles. The van der Waals surface area contributed by atoms with Gasteiger partial charge < -0.3 is 4.74 Å². The van der Waals surface area contributed by atoms with Crippen molar-refractivity contribution in [2.24, 2.45) is 0 Å². The zero-order valence-corrected chi connectivity index (χ0v) is 18.1. The number of hydrogen-bond donors (Lipinski definition) is 2. The maximum Gasteiger partial charge on any atom is 0.276 e. The van der Waals surface area contributed by atoms with Crippen LogP contribution in [-0.2, 0) is 15.0 Å². The number of benzene rings is 2. The predicted molar refractivity (Wildman–Crippen MR) is 115 cm³/mol. The van der Waals surface area contributed by atoms with Crippen molar-refractivity contribution in [2.45, 2.75) is 33.1 Å². The third kappa shape index (κ3) is 6.85. The highest BCUT2D eigenvalue weighted by Crippen LogP contribution is 2.31. The molecule has 0 fully saturated rings. The van der Waals surface area contributed by atoms with E-state index in [1.807, 2.05) is 49.4 Å². The van der Waals surface area contributed by atoms with Gasteiger partial charge in [0, 0.05) is 6.08 Å². The summed E-state index contributed by atoms with van der Waals surface area (Å²) in [5.41, 5.74) is 7.88. The summed E-state index contributed by atoms with van der Waals surface area (Å²) in [6.07, 6.45) is 3.03. The number of carbonyl (C=O) groups is 2. The minimum Gasteiger partial charge on any atom is -0.483 e. The highest BCUT2D eigenvalue weighted by molar-refractivity contribution is 9.10. The van der Waals surface area contributed by atoms with Gasteiger partial charge in [-0.25, -0.2) is 0 Å². The second-order valence-corrected chi connectivity index (χ2v) is 8.32. The van der Waals surface area contributed by atoms with E-state index in [9.17, 15) is 9.59 Å². The van der Waals surface area contributed by atoms with Crippen LogP contribution >= 0.6 is 15.9 Å². The summed E-state index contributed by atoms with van der Waals surface area (Å²) in [6, 6.07) is 13.5. The van der Waals surface area contributed by atoms with Crippen molar-refractivity contribution in [1.29, 1.82) is 0 Å². The number of amides is 2. The van der Waals surface area contributed by atoms with Crippen LogP contribution in [0, 0.1) is 6.92 Å². The number of aryl methyl sites for hydroxylation is 1. The van der Waals surface area contributed by atoms with Crippen LogP contribution in [0.3, 0.4) is 0 Å². The van der Waals surface area contributed by atoms with Crippen LogP contribution in [0.2, 0.25) is 0 Å². The number of carbonyl (C=O) groups excluding carboxylic acids is 2. The molecular weight excluding hydrogens is 420 g/mol. The lowest BCUT2D eigenvalue weighted by molar-refractivity contribution is -0.128. The minimum absolute atomic E-state index is 0.0226. The molecule has 0 unspecified atom stereocenters. The Balaban J connectivity index is 1.79. The average molecular weight is 445 g/mol. The minimum atomic E-state index is -0.455. The zero-order valence-electron chi connectivity index (χ0n) is 16.5. The predicted octanol–water partition coefficient (Wildman–Crippen LogP) is 4.29. The average Bonchev–Trinajstić information content (AvgIpc) is 2.64. The van der Waals surface area contributed by atoms with Crippen molar-refractivity contribution in [2.75, 3.05) is 6.61 Å². The molecule has 0 heterocycles. The van der Waals surface area contributed by atoms with E-state index in [0.29, 0.717) is 5.75 Å². The Morgan fingerprint density at radius 3 is 2.36 bits per heavy atom. The summed E-state index contributed by atoms with van der Waals surface area (Å²) in [5.74, 6) is -0.317. The molecule has 0 spiro atoms. The van der Waals surface area contributed by atoms with Crippen LogP contribution in [-0.4, -0.2) is 18.4 Å². The van der Waals surface area contributed by atoms with E-state index in [-0.39, 0.29) is 12.0 Å². The zero-order chi connectivity index (χ0) is 20.7. The van der Waals surface area contributed by atoms with Crippen molar-refractivity contribution in [3.05, 3.63) is 69.7 Å². The van der Waals surface area contributed by atoms with Crippen molar-refractivity contribution in [3.63, 3.8) is 0 Å². The van der Waals surface area contributed by atoms with Crippen molar-refractivity contribution in [3.8, 4) is 5.75 Å². The van der Waals surface area contributed by atoms with Crippen LogP contribution in [0.5, 0.6) is 5.75 Å². The fraction of sp³-hybridized carbons (Fsp3) is 0.273. The molecule has 5 nitrogen and oxygen atoms in total. The number of ether oxygens (including phenoxy) is 1. The van der Waals surface area contributed by atoms with Crippen molar-refractivity contribution < 1.29 is 14.3 Å². The smallest absolute Gasteiger partial charge is 0.276 e. The number of rotatable bonds is 5. The molecule has 0 aliphatic heterocycles. The first-order valence-corrected chi connectivity index (χ1v) is 9.71. The molecule has 2 amide bonds. The highest BCUT2D eigenvalue weighted by atomic mass is 79.9. The fourth-order valence-corrected chi connectivity index (χ4v) is 2.78. The van der Waals surface area contributed by atoms with Gasteiger partial charge in [-0.15, -0.1) is 0 Å². The van der Waals surface area contributed by atoms with E-state index in [2.05, 4.69) is 47.6 Å². The third-order valence-electron chi connectivity index (χ3n) is 3.99. The maximum absolute atomic E-state index is 11.9. The number of nitrogens with one attached hydrogen (secondary N) is 2. The van der Waals surface area contributed by atoms with Gasteiger partial charge >= 0.3 is 0 Å². The molecule has 0 radical (unpaired) electrons. The van der Waals surface area contributed by atoms with E-state index >= 15 is 0 Å². The van der Waals surface area contributed by atoms with Gasteiger partial charge in [-0.3, -0.25) is 20.4 Å². The Labute approximate surface area is 174 Å². The summed E-state index contributed by atoms with van der Waals surface area (Å²) in [6.45, 7) is 8.15. The molecule has 2 N–H and O–H groups in total. The molecule has 0 aliphatic rings. The van der Waals surface area contributed by atoms with E-state index < -0.39 is 11.8 Å². The summed E-state index contributed by atoms with van der Waals surface area (Å²) < 4.78 is 6.29. The second-order valence-electron chi connectivity index (χ2n) is 7.47. The molecule has 2 aromatic carbocycles. The first-order chi connectivity index (χ1) is 13.1. The van der Waals surface area contributed by atoms with E-state index in [1.54, 1.807) is 6.08 Å². The lowest BCUT2D eigenvalue weighted by Crippen LogP contribution is -2.43. The monoisotopic (exact) mass is 444 g/mol. The number of hydrogen-bond acceptors (Lipinski definition) is 3. The highest BCUT2D eigenvalue weighted by Gasteiger charge is 2.15. The molecule has 28 heavy (non-hydrogen) atoms. The fourth-order valence-electron chi connectivity index (χ4n) is 2.29. The molecule has 6 heteroatoms. The summed E-state index contributed by atoms with van der Waals surface area (Å²) >= 11 is 3.46. The van der Waals surface area contributed by atoms with Crippen molar-refractivity contribution >= 4 is 33.8 Å². The Morgan fingerprint density at radius 1 is 1.07 bits per heavy atom. The first-order valence-electron chi connectivity index (χ1n) is 8.91. The van der Waals surface area contributed by atoms with Crippen LogP contribution in [0.1, 0.15) is 37.5 Å². The largest absolute Gasteiger partial charge is 0.483 e. The van der Waals surface area contributed by atoms with Gasteiger partial charge in [0.1, 0.15) is 5.75 Å². The summed E-state index contributed by atoms with van der Waals surface area (Å²) in [7, 11) is 0. The molecule has 0 saturated heterocycles. The Bertz CT molecular complexity index is 868. The Hall–Kier alpha value is -2.60. The normalized spacial score (nSPS) is 11.3. The van der Waals surface area contributed by atoms with E-state index in [0.717, 1.165) is 21.2 Å². The molecule has 148 valence electrons. The van der Waals surface area contributed by atoms with E-state index in [4.69, 9.17) is 4.74 Å². The number of hydrazine groups is 1. The molecule has 2 aromatic rings. The van der Waals surface area contributed by atoms with Gasteiger partial charge in [0.25, 0.3) is 11.8 Å². The Morgan fingerprint density at radius 2 is 1.75 bits per heavy atom. The molecular formula is C22H25BrN2O3. The first kappa shape index (κ1) is 21.7. The molecule has 0 atom stereocenters. The van der Waals surface area contributed by atoms with Gasteiger partial charge in [-0.1, -0.05) is 56.7 Å². The number of halogens is 1. The van der Waals surface area contributed by atoms with Gasteiger partial charge in [-0.05, 0) is 57.6 Å². The molecule has 2 rings (SSSR count). The quantitative estimate of drug-likeness (QED) is 0.533. The second kappa shape index (κ2) is 9.55. The van der Waals surface area contributed by atoms with Gasteiger partial charge in [0.2, 0.25) is 0 Å². The SMILES string of the molecule is Cc1ccc(/C=C\C(=O)NNC(=O)COc2ccc(C(C)(C)C)cc2Br)cc1. The van der Waals surface area contributed by atoms with Crippen LogP contribution in [0.25, 0.3) is 6.08 Å². The third-order valence-corrected chi connectivity index (χ3v) is 4.61. The Kier molecular flexibility index (Phi) is 7.40. The van der Waals surface area contributed by atoms with Crippen LogP contribution in [0.4, 0.5) is 0 Å². The van der Waals surface area contributed by atoms with Gasteiger partial charge in [0.05, 0.1) is 4.47 Å². The van der Waals surface area contributed by atoms with Crippen LogP contribution < -0.4 is 15.6 Å². The molecule has 0 aromatic heterocycles. The lowest BCUT2D eigenvalue weighted by atomic mass is 9.87. The van der Waals surface area contributed by atoms with Crippen molar-refractivity contribution in [1.82, 2.24) is 10.9 Å². The van der Waals surface area contributed by atoms with E-state index in [1.165, 1.54) is 6.08 Å². The lowest BCUT2D eigenvalue weighted by Gasteiger charge is -2.20.